The fourth-order valence-electron chi connectivity index (χ4n) is 0.772. The predicted molar refractivity (Wildman–Crippen MR) is 47.8 cm³/mol. The molecular formula is C7H11ClN2O2. The molecule has 1 aromatic heterocycles. The minimum Gasteiger partial charge on any atom is -0.461 e. The number of ether oxygens (including phenoxy) is 1. The zero-order valence-electron chi connectivity index (χ0n) is 6.69. The van der Waals surface area contributed by atoms with Crippen molar-refractivity contribution in [1.82, 2.24) is 4.68 Å². The summed E-state index contributed by atoms with van der Waals surface area (Å²) in [6, 6.07) is 3.30. The first kappa shape index (κ1) is 10.8. The molecular weight excluding hydrogens is 180 g/mol. The summed E-state index contributed by atoms with van der Waals surface area (Å²) < 4.78 is 5.96. The lowest BCUT2D eigenvalue weighted by Crippen LogP contribution is -2.16. The topological polar surface area (TPSA) is 57.2 Å². The maximum Gasteiger partial charge on any atom is 0.356 e. The van der Waals surface area contributed by atoms with Gasteiger partial charge in [0, 0.05) is 6.20 Å². The molecule has 5 heteroatoms. The highest BCUT2D eigenvalue weighted by atomic mass is 35.5. The van der Waals surface area contributed by atoms with Crippen LogP contribution in [0.25, 0.3) is 0 Å². The third-order valence-corrected chi connectivity index (χ3v) is 1.26. The van der Waals surface area contributed by atoms with Gasteiger partial charge in [-0.15, -0.1) is 12.4 Å². The quantitative estimate of drug-likeness (QED) is 0.555. The molecule has 1 rings (SSSR count). The van der Waals surface area contributed by atoms with Crippen molar-refractivity contribution in [2.45, 2.75) is 6.92 Å². The maximum absolute atomic E-state index is 11.0. The molecule has 0 unspecified atom stereocenters. The summed E-state index contributed by atoms with van der Waals surface area (Å²) in [6.07, 6.45) is 1.59. The molecule has 68 valence electrons. The summed E-state index contributed by atoms with van der Waals surface area (Å²) in [5.74, 6) is 5.00. The van der Waals surface area contributed by atoms with Crippen molar-refractivity contribution in [3.8, 4) is 0 Å². The van der Waals surface area contributed by atoms with Gasteiger partial charge in [0.15, 0.2) is 0 Å². The van der Waals surface area contributed by atoms with E-state index >= 15 is 0 Å². The SMILES string of the molecule is CCOC(=O)c1cccn1N.Cl. The maximum atomic E-state index is 11.0. The minimum absolute atomic E-state index is 0. The van der Waals surface area contributed by atoms with E-state index < -0.39 is 0 Å². The Morgan fingerprint density at radius 2 is 2.42 bits per heavy atom. The molecule has 4 nitrogen and oxygen atoms in total. The van der Waals surface area contributed by atoms with Crippen LogP contribution in [0.5, 0.6) is 0 Å². The number of hydrogen-bond acceptors (Lipinski definition) is 3. The average molecular weight is 191 g/mol. The zero-order valence-corrected chi connectivity index (χ0v) is 7.50. The van der Waals surface area contributed by atoms with Crippen molar-refractivity contribution in [2.75, 3.05) is 12.4 Å². The van der Waals surface area contributed by atoms with E-state index in [1.807, 2.05) is 0 Å². The number of rotatable bonds is 2. The molecule has 0 atom stereocenters. The van der Waals surface area contributed by atoms with Crippen molar-refractivity contribution in [3.05, 3.63) is 24.0 Å². The molecule has 0 radical (unpaired) electrons. The van der Waals surface area contributed by atoms with E-state index in [0.717, 1.165) is 0 Å². The van der Waals surface area contributed by atoms with Crippen LogP contribution in [0.1, 0.15) is 17.4 Å². The summed E-state index contributed by atoms with van der Waals surface area (Å²) in [5.41, 5.74) is 0.367. The Hall–Kier alpha value is -1.16. The van der Waals surface area contributed by atoms with Crippen LogP contribution < -0.4 is 5.84 Å². The zero-order chi connectivity index (χ0) is 8.27. The van der Waals surface area contributed by atoms with Crippen LogP contribution in [0.15, 0.2) is 18.3 Å². The fourth-order valence-corrected chi connectivity index (χ4v) is 0.772. The number of halogens is 1. The van der Waals surface area contributed by atoms with Crippen molar-refractivity contribution in [1.29, 1.82) is 0 Å². The van der Waals surface area contributed by atoms with Gasteiger partial charge in [0.05, 0.1) is 6.61 Å². The van der Waals surface area contributed by atoms with Crippen LogP contribution in [0.4, 0.5) is 0 Å². The molecule has 1 heterocycles. The fraction of sp³-hybridized carbons (Fsp3) is 0.286. The van der Waals surface area contributed by atoms with Crippen molar-refractivity contribution in [2.24, 2.45) is 0 Å². The molecule has 0 aliphatic heterocycles. The second-order valence-electron chi connectivity index (χ2n) is 2.02. The standard InChI is InChI=1S/C7H10N2O2.ClH/c1-2-11-7(10)6-4-3-5-9(6)8;/h3-5H,2,8H2,1H3;1H. The van der Waals surface area contributed by atoms with Gasteiger partial charge in [0.2, 0.25) is 0 Å². The molecule has 0 bridgehead atoms. The van der Waals surface area contributed by atoms with Crippen LogP contribution in [0, 0.1) is 0 Å². The summed E-state index contributed by atoms with van der Waals surface area (Å²) in [6.45, 7) is 2.12. The first-order chi connectivity index (χ1) is 5.25. The van der Waals surface area contributed by atoms with Crippen LogP contribution in [0.3, 0.4) is 0 Å². The van der Waals surface area contributed by atoms with E-state index in [9.17, 15) is 4.79 Å². The van der Waals surface area contributed by atoms with Gasteiger partial charge in [-0.05, 0) is 19.1 Å². The number of hydrogen-bond donors (Lipinski definition) is 1. The summed E-state index contributed by atoms with van der Waals surface area (Å²) in [7, 11) is 0. The lowest BCUT2D eigenvalue weighted by atomic mass is 10.4. The number of nitrogens with zero attached hydrogens (tertiary/aromatic N) is 1. The Kier molecular flexibility index (Phi) is 4.21. The van der Waals surface area contributed by atoms with E-state index in [4.69, 9.17) is 10.6 Å². The van der Waals surface area contributed by atoms with E-state index in [0.29, 0.717) is 12.3 Å². The van der Waals surface area contributed by atoms with Crippen LogP contribution in [0.2, 0.25) is 0 Å². The molecule has 12 heavy (non-hydrogen) atoms. The van der Waals surface area contributed by atoms with Gasteiger partial charge in [0.1, 0.15) is 5.69 Å². The molecule has 0 aliphatic rings. The number of nitrogens with two attached hydrogens (primary N) is 1. The Morgan fingerprint density at radius 1 is 1.75 bits per heavy atom. The largest absolute Gasteiger partial charge is 0.461 e. The number of nitrogen functional groups attached to an aromatic ring is 1. The third kappa shape index (κ3) is 2.17. The molecule has 0 fully saturated rings. The normalized spacial score (nSPS) is 8.75. The van der Waals surface area contributed by atoms with Gasteiger partial charge in [-0.1, -0.05) is 0 Å². The van der Waals surface area contributed by atoms with Gasteiger partial charge in [-0.25, -0.2) is 4.79 Å². The molecule has 0 saturated heterocycles. The Balaban J connectivity index is 0.00000121. The molecule has 2 N–H and O–H groups in total. The van der Waals surface area contributed by atoms with Crippen molar-refractivity contribution < 1.29 is 9.53 Å². The number of esters is 1. The lowest BCUT2D eigenvalue weighted by molar-refractivity contribution is 0.0516. The van der Waals surface area contributed by atoms with Crippen LogP contribution >= 0.6 is 12.4 Å². The number of carbonyl (C=O) groups excluding carboxylic acids is 1. The van der Waals surface area contributed by atoms with Gasteiger partial charge in [0.25, 0.3) is 0 Å². The molecule has 0 saturated carbocycles. The highest BCUT2D eigenvalue weighted by molar-refractivity contribution is 5.87. The first-order valence-corrected chi connectivity index (χ1v) is 3.35. The Bertz CT molecular complexity index is 260. The number of carbonyl (C=O) groups is 1. The van der Waals surface area contributed by atoms with Crippen molar-refractivity contribution in [3.63, 3.8) is 0 Å². The molecule has 1 aromatic rings. The molecule has 0 aliphatic carbocycles. The molecule has 0 amide bonds. The van der Waals surface area contributed by atoms with Crippen LogP contribution in [-0.2, 0) is 4.74 Å². The van der Waals surface area contributed by atoms with Crippen LogP contribution in [-0.4, -0.2) is 17.3 Å². The van der Waals surface area contributed by atoms with E-state index in [2.05, 4.69) is 0 Å². The van der Waals surface area contributed by atoms with Crippen molar-refractivity contribution >= 4 is 18.4 Å². The Morgan fingerprint density at radius 3 is 2.83 bits per heavy atom. The highest BCUT2D eigenvalue weighted by Crippen LogP contribution is 1.99. The number of aromatic nitrogens is 1. The first-order valence-electron chi connectivity index (χ1n) is 3.35. The predicted octanol–water partition coefficient (Wildman–Crippen LogP) is 0.800. The van der Waals surface area contributed by atoms with Gasteiger partial charge >= 0.3 is 5.97 Å². The smallest absolute Gasteiger partial charge is 0.356 e. The van der Waals surface area contributed by atoms with E-state index in [1.165, 1.54) is 4.68 Å². The van der Waals surface area contributed by atoms with Gasteiger partial charge in [-0.2, -0.15) is 0 Å². The average Bonchev–Trinajstić information content (AvgIpc) is 2.36. The van der Waals surface area contributed by atoms with E-state index in [1.54, 1.807) is 25.3 Å². The molecule has 0 spiro atoms. The minimum atomic E-state index is -0.389. The summed E-state index contributed by atoms with van der Waals surface area (Å²) in [5, 5.41) is 0. The molecule has 0 aromatic carbocycles. The Labute approximate surface area is 76.7 Å². The summed E-state index contributed by atoms with van der Waals surface area (Å²) in [4.78, 5) is 11.0. The lowest BCUT2D eigenvalue weighted by Gasteiger charge is -2.01. The van der Waals surface area contributed by atoms with E-state index in [-0.39, 0.29) is 18.4 Å². The van der Waals surface area contributed by atoms with Gasteiger partial charge < -0.3 is 10.6 Å². The highest BCUT2D eigenvalue weighted by Gasteiger charge is 2.08. The second-order valence-corrected chi connectivity index (χ2v) is 2.02. The third-order valence-electron chi connectivity index (χ3n) is 1.26. The second kappa shape index (κ2) is 4.66. The summed E-state index contributed by atoms with van der Waals surface area (Å²) >= 11 is 0. The van der Waals surface area contributed by atoms with Gasteiger partial charge in [-0.3, -0.25) is 4.68 Å². The monoisotopic (exact) mass is 190 g/mol.